The van der Waals surface area contributed by atoms with E-state index in [-0.39, 0.29) is 40.7 Å². The maximum Gasteiger partial charge on any atom is 4.00 e. The summed E-state index contributed by atoms with van der Waals surface area (Å²) in [5.41, 5.74) is 5.41. The van der Waals surface area contributed by atoms with E-state index in [4.69, 9.17) is 0 Å². The van der Waals surface area contributed by atoms with Gasteiger partial charge in [-0.1, -0.05) is 170 Å². The van der Waals surface area contributed by atoms with E-state index < -0.39 is 8.07 Å². The van der Waals surface area contributed by atoms with Crippen molar-refractivity contribution in [2.45, 2.75) is 13.1 Å². The summed E-state index contributed by atoms with van der Waals surface area (Å²) in [6, 6.07) is 63.7. The Morgan fingerprint density at radius 1 is 0.365 bits per heavy atom. The average Bonchev–Trinajstić information content (AvgIpc) is 3.74. The second-order valence-corrected chi connectivity index (χ2v) is 18.3. The zero-order valence-electron chi connectivity index (χ0n) is 30.2. The van der Waals surface area contributed by atoms with Crippen LogP contribution in [0.15, 0.2) is 170 Å². The first-order valence-electron chi connectivity index (χ1n) is 17.3. The molecule has 0 bridgehead atoms. The number of rotatable bonds is 4. The van der Waals surface area contributed by atoms with E-state index in [1.54, 1.807) is 0 Å². The normalized spacial score (nSPS) is 11.6. The summed E-state index contributed by atoms with van der Waals surface area (Å²) in [6.45, 7) is 5.19. The van der Waals surface area contributed by atoms with Gasteiger partial charge in [0.25, 0.3) is 0 Å². The number of fused-ring (bicyclic) bond motifs is 8. The van der Waals surface area contributed by atoms with Crippen LogP contribution in [0, 0.1) is 14.9 Å². The topological polar surface area (TPSA) is 0 Å². The number of hydrogen-bond donors (Lipinski definition) is 0. The first kappa shape index (κ1) is 35.5. The Morgan fingerprint density at radius 3 is 1.15 bits per heavy atom. The fourth-order valence-corrected chi connectivity index (χ4v) is 12.7. The van der Waals surface area contributed by atoms with Crippen molar-refractivity contribution in [1.82, 2.24) is 0 Å². The van der Waals surface area contributed by atoms with Crippen molar-refractivity contribution in [1.29, 1.82) is 0 Å². The van der Waals surface area contributed by atoms with Crippen LogP contribution in [0.1, 0.15) is 0 Å². The molecule has 0 unspecified atom stereocenters. The molecule has 0 fully saturated rings. The molecule has 0 radical (unpaired) electrons. The summed E-state index contributed by atoms with van der Waals surface area (Å²) in [5.74, 6) is 0. The molecule has 0 N–H and O–H groups in total. The van der Waals surface area contributed by atoms with Gasteiger partial charge in [-0.05, 0) is 43.1 Å². The number of hydrogen-bond acceptors (Lipinski definition) is 0. The van der Waals surface area contributed by atoms with Crippen molar-refractivity contribution in [3.8, 4) is 22.3 Å². The molecular formula is C50H40HfSi. The van der Waals surface area contributed by atoms with E-state index in [1.165, 1.54) is 97.3 Å². The molecule has 2 heteroatoms. The van der Waals surface area contributed by atoms with Crippen molar-refractivity contribution in [3.05, 3.63) is 185 Å². The van der Waals surface area contributed by atoms with Gasteiger partial charge in [0, 0.05) is 8.07 Å². The second kappa shape index (κ2) is 13.6. The molecule has 0 amide bonds. The summed E-state index contributed by atoms with van der Waals surface area (Å²) in [5, 5.41) is 18.9. The quantitative estimate of drug-likeness (QED) is 0.0940. The standard InChI is InChI=1S/C48H34Si.2CH3.Hf/c1-49(2,47-39-21-9-5-15-35(39)29-43(47)41-23-11-17-33-27-25-31-13-3-7-19-37(31)45(33)41)48-40-22-10-6-16-36(40)30-44(48)42-24-12-18-34-28-26-32-14-4-8-20-38(32)46(34)42;;;/h3-30H,1-2H3;2*1H3;/q-2;2*-1;+4. The van der Waals surface area contributed by atoms with Crippen molar-refractivity contribution in [3.63, 3.8) is 0 Å². The summed E-state index contributed by atoms with van der Waals surface area (Å²) < 4.78 is 0. The molecule has 10 aromatic carbocycles. The molecule has 52 heavy (non-hydrogen) atoms. The Kier molecular flexibility index (Phi) is 9.27. The molecule has 0 nitrogen and oxygen atoms in total. The fourth-order valence-electron chi connectivity index (χ4n) is 8.91. The fraction of sp³-hybridized carbons (Fsp3) is 0.0400. The molecule has 0 atom stereocenters. The molecule has 0 aliphatic rings. The van der Waals surface area contributed by atoms with Gasteiger partial charge < -0.3 is 14.9 Å². The molecule has 0 aliphatic carbocycles. The molecular weight excluding hydrogens is 807 g/mol. The van der Waals surface area contributed by atoms with Crippen LogP contribution in [0.4, 0.5) is 0 Å². The third-order valence-electron chi connectivity index (χ3n) is 11.0. The van der Waals surface area contributed by atoms with E-state index in [0.717, 1.165) is 0 Å². The smallest absolute Gasteiger partial charge is 0.358 e. The Balaban J connectivity index is 0.00000140. The Hall–Kier alpha value is -4.89. The summed E-state index contributed by atoms with van der Waals surface area (Å²) in [6.07, 6.45) is 0. The maximum atomic E-state index is 2.59. The molecule has 0 aliphatic heterocycles. The van der Waals surface area contributed by atoms with Gasteiger partial charge in [-0.2, -0.15) is 0 Å². The van der Waals surface area contributed by atoms with E-state index in [1.807, 2.05) is 0 Å². The monoisotopic (exact) mass is 848 g/mol. The zero-order chi connectivity index (χ0) is 32.7. The minimum Gasteiger partial charge on any atom is -0.358 e. The van der Waals surface area contributed by atoms with E-state index in [9.17, 15) is 0 Å². The van der Waals surface area contributed by atoms with E-state index >= 15 is 0 Å². The molecule has 0 aromatic heterocycles. The minimum atomic E-state index is -2.44. The molecule has 0 saturated carbocycles. The molecule has 10 aromatic rings. The Morgan fingerprint density at radius 2 is 0.712 bits per heavy atom. The van der Waals surface area contributed by atoms with Crippen molar-refractivity contribution < 1.29 is 25.8 Å². The second-order valence-electron chi connectivity index (χ2n) is 14.0. The van der Waals surface area contributed by atoms with Crippen LogP contribution in [0.2, 0.25) is 13.1 Å². The molecule has 10 rings (SSSR count). The van der Waals surface area contributed by atoms with Crippen molar-refractivity contribution in [2.75, 3.05) is 0 Å². The van der Waals surface area contributed by atoms with Crippen LogP contribution in [-0.4, -0.2) is 8.07 Å². The third-order valence-corrected chi connectivity index (χ3v) is 14.5. The average molecular weight is 847 g/mol. The van der Waals surface area contributed by atoms with Crippen molar-refractivity contribution in [2.24, 2.45) is 0 Å². The van der Waals surface area contributed by atoms with Crippen LogP contribution in [0.3, 0.4) is 0 Å². The predicted molar refractivity (Wildman–Crippen MR) is 230 cm³/mol. The van der Waals surface area contributed by atoms with Gasteiger partial charge in [-0.3, -0.25) is 0 Å². The predicted octanol–water partition coefficient (Wildman–Crippen LogP) is 13.1. The summed E-state index contributed by atoms with van der Waals surface area (Å²) in [7, 11) is -2.44. The van der Waals surface area contributed by atoms with Crippen LogP contribution in [-0.2, 0) is 25.8 Å². The minimum absolute atomic E-state index is 0. The first-order chi connectivity index (χ1) is 24.1. The molecule has 248 valence electrons. The van der Waals surface area contributed by atoms with Crippen LogP contribution in [0.5, 0.6) is 0 Å². The van der Waals surface area contributed by atoms with Gasteiger partial charge in [-0.15, -0.1) is 67.3 Å². The van der Waals surface area contributed by atoms with E-state index in [2.05, 4.69) is 183 Å². The van der Waals surface area contributed by atoms with Crippen molar-refractivity contribution >= 4 is 83.1 Å². The first-order valence-corrected chi connectivity index (χ1v) is 20.3. The maximum absolute atomic E-state index is 2.59. The molecule has 0 heterocycles. The van der Waals surface area contributed by atoms with Crippen LogP contribution >= 0.6 is 0 Å². The Bertz CT molecular complexity index is 2720. The zero-order valence-corrected chi connectivity index (χ0v) is 34.8. The number of benzene rings is 8. The van der Waals surface area contributed by atoms with E-state index in [0.29, 0.717) is 0 Å². The Labute approximate surface area is 326 Å². The summed E-state index contributed by atoms with van der Waals surface area (Å²) in [4.78, 5) is 0. The van der Waals surface area contributed by atoms with Gasteiger partial charge in [0.05, 0.1) is 0 Å². The van der Waals surface area contributed by atoms with Gasteiger partial charge in [0.15, 0.2) is 0 Å². The SMILES string of the molecule is C[Si](C)(c1c(-c2cccc3ccc4ccccc4c23)[cH-]c2ccccc12)c1c(-c2cccc3ccc4ccccc4c23)[cH-]c2ccccc12.[CH3-].[CH3-].[Hf+4]. The van der Waals surface area contributed by atoms with Gasteiger partial charge in [0.2, 0.25) is 0 Å². The summed E-state index contributed by atoms with van der Waals surface area (Å²) >= 11 is 0. The van der Waals surface area contributed by atoms with Crippen LogP contribution < -0.4 is 10.4 Å². The molecule has 0 spiro atoms. The van der Waals surface area contributed by atoms with Crippen LogP contribution in [0.25, 0.3) is 86.9 Å². The van der Waals surface area contributed by atoms with Gasteiger partial charge in [0.1, 0.15) is 0 Å². The van der Waals surface area contributed by atoms with Gasteiger partial charge in [-0.25, -0.2) is 0 Å². The van der Waals surface area contributed by atoms with Gasteiger partial charge >= 0.3 is 25.8 Å². The third kappa shape index (κ3) is 5.26. The molecule has 0 saturated heterocycles. The largest absolute Gasteiger partial charge is 4.00 e.